The van der Waals surface area contributed by atoms with Crippen molar-refractivity contribution in [2.75, 3.05) is 10.6 Å². The fraction of sp³-hybridized carbons (Fsp3) is 0.278. The van der Waals surface area contributed by atoms with E-state index in [9.17, 15) is 9.59 Å². The number of nitrogens with one attached hydrogen (secondary N) is 2. The molecule has 6 nitrogen and oxygen atoms in total. The van der Waals surface area contributed by atoms with Crippen LogP contribution in [0.3, 0.4) is 0 Å². The van der Waals surface area contributed by atoms with E-state index in [1.165, 1.54) is 6.20 Å². The highest BCUT2D eigenvalue weighted by atomic mass is 16.2. The van der Waals surface area contributed by atoms with Crippen LogP contribution < -0.4 is 16.4 Å². The number of aromatic nitrogens is 1. The van der Waals surface area contributed by atoms with Gasteiger partial charge < -0.3 is 16.4 Å². The first-order chi connectivity index (χ1) is 11.6. The third-order valence-electron chi connectivity index (χ3n) is 4.25. The third-order valence-corrected chi connectivity index (χ3v) is 4.25. The van der Waals surface area contributed by atoms with Gasteiger partial charge in [0, 0.05) is 5.56 Å². The second-order valence-corrected chi connectivity index (χ2v) is 6.07. The van der Waals surface area contributed by atoms with Crippen LogP contribution in [0, 0.1) is 0 Å². The van der Waals surface area contributed by atoms with Crippen LogP contribution in [0.5, 0.6) is 0 Å². The van der Waals surface area contributed by atoms with Crippen molar-refractivity contribution in [1.82, 2.24) is 4.98 Å². The van der Waals surface area contributed by atoms with Crippen LogP contribution in [0.25, 0.3) is 0 Å². The van der Waals surface area contributed by atoms with Crippen molar-refractivity contribution >= 4 is 23.3 Å². The van der Waals surface area contributed by atoms with Crippen LogP contribution in [0.15, 0.2) is 48.7 Å². The minimum Gasteiger partial charge on any atom is -0.323 e. The van der Waals surface area contributed by atoms with Crippen molar-refractivity contribution in [3.63, 3.8) is 0 Å². The molecular weight excluding hydrogens is 304 g/mol. The lowest BCUT2D eigenvalue weighted by Crippen LogP contribution is -2.48. The summed E-state index contributed by atoms with van der Waals surface area (Å²) < 4.78 is 0. The number of nitrogens with two attached hydrogens (primary N) is 1. The monoisotopic (exact) mass is 324 g/mol. The molecular formula is C18H20N4O2. The number of rotatable bonds is 4. The molecule has 0 bridgehead atoms. The van der Waals surface area contributed by atoms with Gasteiger partial charge in [0.1, 0.15) is 5.82 Å². The highest BCUT2D eigenvalue weighted by molar-refractivity contribution is 6.04. The number of nitrogens with zero attached hydrogens (tertiary/aromatic N) is 1. The maximum Gasteiger partial charge on any atom is 0.256 e. The van der Waals surface area contributed by atoms with Crippen LogP contribution in [-0.4, -0.2) is 22.3 Å². The molecule has 2 amide bonds. The van der Waals surface area contributed by atoms with Gasteiger partial charge in [-0.2, -0.15) is 0 Å². The van der Waals surface area contributed by atoms with Crippen molar-refractivity contribution in [1.29, 1.82) is 0 Å². The fourth-order valence-corrected chi connectivity index (χ4v) is 2.81. The van der Waals surface area contributed by atoms with Gasteiger partial charge in [-0.3, -0.25) is 9.59 Å². The molecule has 1 aromatic carbocycles. The summed E-state index contributed by atoms with van der Waals surface area (Å²) in [5.41, 5.74) is 6.47. The molecule has 1 aliphatic carbocycles. The molecule has 2 aromatic rings. The molecule has 1 fully saturated rings. The smallest absolute Gasteiger partial charge is 0.256 e. The topological polar surface area (TPSA) is 97.1 Å². The lowest BCUT2D eigenvalue weighted by Gasteiger charge is -2.22. The molecule has 24 heavy (non-hydrogen) atoms. The zero-order valence-electron chi connectivity index (χ0n) is 13.3. The average molecular weight is 324 g/mol. The van der Waals surface area contributed by atoms with Crippen molar-refractivity contribution in [2.24, 2.45) is 5.73 Å². The first-order valence-electron chi connectivity index (χ1n) is 8.00. The lowest BCUT2D eigenvalue weighted by molar-refractivity contribution is -0.121. The van der Waals surface area contributed by atoms with Crippen LogP contribution >= 0.6 is 0 Å². The first kappa shape index (κ1) is 16.1. The van der Waals surface area contributed by atoms with Gasteiger partial charge in [-0.1, -0.05) is 31.0 Å². The molecule has 4 N–H and O–H groups in total. The van der Waals surface area contributed by atoms with Crippen LogP contribution in [0.4, 0.5) is 11.5 Å². The summed E-state index contributed by atoms with van der Waals surface area (Å²) in [4.78, 5) is 28.5. The van der Waals surface area contributed by atoms with E-state index in [1.54, 1.807) is 36.4 Å². The Morgan fingerprint density at radius 3 is 2.33 bits per heavy atom. The van der Waals surface area contributed by atoms with E-state index in [2.05, 4.69) is 15.6 Å². The summed E-state index contributed by atoms with van der Waals surface area (Å²) in [6.07, 6.45) is 4.88. The minimum absolute atomic E-state index is 0.178. The van der Waals surface area contributed by atoms with E-state index in [0.29, 0.717) is 29.9 Å². The van der Waals surface area contributed by atoms with Gasteiger partial charge in [-0.05, 0) is 37.1 Å². The van der Waals surface area contributed by atoms with Crippen molar-refractivity contribution in [3.8, 4) is 0 Å². The zero-order valence-corrected chi connectivity index (χ0v) is 13.3. The Balaban J connectivity index is 1.61. The Bertz CT molecular complexity index is 722. The number of anilines is 2. The summed E-state index contributed by atoms with van der Waals surface area (Å²) in [6.45, 7) is 0. The fourth-order valence-electron chi connectivity index (χ4n) is 2.81. The molecule has 6 heteroatoms. The number of hydrogen-bond donors (Lipinski definition) is 3. The van der Waals surface area contributed by atoms with Gasteiger partial charge in [-0.25, -0.2) is 4.98 Å². The van der Waals surface area contributed by atoms with Gasteiger partial charge in [0.05, 0.1) is 17.4 Å². The van der Waals surface area contributed by atoms with Crippen molar-refractivity contribution in [3.05, 3.63) is 54.2 Å². The second kappa shape index (κ2) is 6.80. The van der Waals surface area contributed by atoms with Crippen molar-refractivity contribution < 1.29 is 9.59 Å². The maximum atomic E-state index is 12.3. The van der Waals surface area contributed by atoms with Crippen LogP contribution in [0.1, 0.15) is 36.0 Å². The number of pyridine rings is 1. The molecule has 1 saturated carbocycles. The molecule has 0 saturated heterocycles. The van der Waals surface area contributed by atoms with Gasteiger partial charge in [0.15, 0.2) is 0 Å². The molecule has 3 rings (SSSR count). The van der Waals surface area contributed by atoms with Gasteiger partial charge >= 0.3 is 0 Å². The standard InChI is InChI=1S/C18H20N4O2/c19-18(10-4-5-11-18)17(24)21-14-8-9-15(20-12-14)22-16(23)13-6-2-1-3-7-13/h1-3,6-9,12H,4-5,10-11,19H2,(H,21,24)(H,20,22,23). The Morgan fingerprint density at radius 2 is 1.71 bits per heavy atom. The third kappa shape index (κ3) is 3.60. The molecule has 1 aromatic heterocycles. The maximum absolute atomic E-state index is 12.3. The summed E-state index contributed by atoms with van der Waals surface area (Å²) in [5.74, 6) is 0.0137. The first-order valence-corrected chi connectivity index (χ1v) is 8.00. The summed E-state index contributed by atoms with van der Waals surface area (Å²) >= 11 is 0. The highest BCUT2D eigenvalue weighted by Gasteiger charge is 2.36. The van der Waals surface area contributed by atoms with Crippen molar-refractivity contribution in [2.45, 2.75) is 31.2 Å². The summed E-state index contributed by atoms with van der Waals surface area (Å²) in [5, 5.41) is 5.51. The van der Waals surface area contributed by atoms with E-state index in [-0.39, 0.29) is 11.8 Å². The predicted molar refractivity (Wildman–Crippen MR) is 92.6 cm³/mol. The Hall–Kier alpha value is -2.73. The Labute approximate surface area is 140 Å². The molecule has 0 spiro atoms. The van der Waals surface area contributed by atoms with E-state index >= 15 is 0 Å². The van der Waals surface area contributed by atoms with Crippen LogP contribution in [-0.2, 0) is 4.79 Å². The number of benzene rings is 1. The van der Waals surface area contributed by atoms with E-state index in [0.717, 1.165) is 12.8 Å². The second-order valence-electron chi connectivity index (χ2n) is 6.07. The van der Waals surface area contributed by atoms with Gasteiger partial charge in [0.25, 0.3) is 5.91 Å². The largest absolute Gasteiger partial charge is 0.323 e. The molecule has 0 unspecified atom stereocenters. The number of hydrogen-bond acceptors (Lipinski definition) is 4. The molecule has 1 heterocycles. The Kier molecular flexibility index (Phi) is 4.57. The van der Waals surface area contributed by atoms with E-state index in [4.69, 9.17) is 5.73 Å². The molecule has 1 aliphatic rings. The number of amides is 2. The highest BCUT2D eigenvalue weighted by Crippen LogP contribution is 2.28. The molecule has 124 valence electrons. The SMILES string of the molecule is NC1(C(=O)Nc2ccc(NC(=O)c3ccccc3)nc2)CCCC1. The predicted octanol–water partition coefficient (Wildman–Crippen LogP) is 2.54. The van der Waals surface area contributed by atoms with Gasteiger partial charge in [0.2, 0.25) is 5.91 Å². The summed E-state index contributed by atoms with van der Waals surface area (Å²) in [6, 6.07) is 12.2. The molecule has 0 aliphatic heterocycles. The van der Waals surface area contributed by atoms with E-state index in [1.807, 2.05) is 6.07 Å². The number of carbonyl (C=O) groups is 2. The van der Waals surface area contributed by atoms with Gasteiger partial charge in [-0.15, -0.1) is 0 Å². The summed E-state index contributed by atoms with van der Waals surface area (Å²) in [7, 11) is 0. The number of carbonyl (C=O) groups excluding carboxylic acids is 2. The normalized spacial score (nSPS) is 15.7. The average Bonchev–Trinajstić information content (AvgIpc) is 3.05. The molecule has 0 radical (unpaired) electrons. The van der Waals surface area contributed by atoms with Crippen LogP contribution in [0.2, 0.25) is 0 Å². The lowest BCUT2D eigenvalue weighted by atomic mass is 9.98. The Morgan fingerprint density at radius 1 is 1.00 bits per heavy atom. The van der Waals surface area contributed by atoms with E-state index < -0.39 is 5.54 Å². The molecule has 0 atom stereocenters. The quantitative estimate of drug-likeness (QED) is 0.805. The zero-order chi connectivity index (χ0) is 17.0. The minimum atomic E-state index is -0.778.